The summed E-state index contributed by atoms with van der Waals surface area (Å²) in [6.45, 7) is 0.993. The number of hydrogen-bond donors (Lipinski definition) is 1. The van der Waals surface area contributed by atoms with Crippen LogP contribution >= 0.6 is 0 Å². The van der Waals surface area contributed by atoms with Gasteiger partial charge in [-0.15, -0.1) is 0 Å². The molecule has 5 rings (SSSR count). The fraction of sp³-hybridized carbons (Fsp3) is 0.200. The number of aliphatic imine (C=N–C) groups is 1. The van der Waals surface area contributed by atoms with E-state index in [1.807, 2.05) is 47.8 Å². The van der Waals surface area contributed by atoms with Crippen molar-refractivity contribution in [3.05, 3.63) is 95.3 Å². The highest BCUT2D eigenvalue weighted by Gasteiger charge is 2.32. The lowest BCUT2D eigenvalue weighted by molar-refractivity contribution is 0.0952. The molecule has 9 heteroatoms. The van der Waals surface area contributed by atoms with Crippen LogP contribution in [0.2, 0.25) is 0 Å². The van der Waals surface area contributed by atoms with Gasteiger partial charge < -0.3 is 15.2 Å². The topological polar surface area (TPSA) is 94.3 Å². The van der Waals surface area contributed by atoms with Crippen LogP contribution in [0.3, 0.4) is 0 Å². The number of nitrogens with zero attached hydrogens (tertiary/aromatic N) is 6. The Hall–Kier alpha value is -3.95. The molecule has 34 heavy (non-hydrogen) atoms. The van der Waals surface area contributed by atoms with Crippen molar-refractivity contribution in [2.24, 2.45) is 10.7 Å². The average Bonchev–Trinajstić information content (AvgIpc) is 3.47. The predicted molar refractivity (Wildman–Crippen MR) is 127 cm³/mol. The number of nitrogens with two attached hydrogens (primary N) is 1. The average molecular weight is 458 g/mol. The van der Waals surface area contributed by atoms with Crippen molar-refractivity contribution in [3.63, 3.8) is 0 Å². The first kappa shape index (κ1) is 21.9. The summed E-state index contributed by atoms with van der Waals surface area (Å²) in [5, 5.41) is 0. The van der Waals surface area contributed by atoms with E-state index in [2.05, 4.69) is 15.0 Å². The number of carbonyl (C=O) groups excluding carboxylic acids is 1. The third-order valence-electron chi connectivity index (χ3n) is 5.78. The third-order valence-corrected chi connectivity index (χ3v) is 5.78. The highest BCUT2D eigenvalue weighted by Crippen LogP contribution is 2.31. The minimum Gasteiger partial charge on any atom is -0.326 e. The van der Waals surface area contributed by atoms with E-state index in [-0.39, 0.29) is 11.3 Å². The van der Waals surface area contributed by atoms with Crippen LogP contribution in [0.5, 0.6) is 0 Å². The first-order valence-electron chi connectivity index (χ1n) is 10.9. The maximum Gasteiger partial charge on any atom is 0.210 e. The number of benzene rings is 2. The third kappa shape index (κ3) is 3.85. The van der Waals surface area contributed by atoms with Crippen molar-refractivity contribution >= 4 is 12.0 Å². The largest absolute Gasteiger partial charge is 0.326 e. The Morgan fingerprint density at radius 2 is 1.91 bits per heavy atom. The predicted octanol–water partition coefficient (Wildman–Crippen LogP) is 3.07. The summed E-state index contributed by atoms with van der Waals surface area (Å²) in [5.41, 5.74) is 9.15. The van der Waals surface area contributed by atoms with Crippen LogP contribution < -0.4 is 5.73 Å². The normalized spacial score (nSPS) is 15.2. The van der Waals surface area contributed by atoms with Gasteiger partial charge in [0, 0.05) is 35.9 Å². The van der Waals surface area contributed by atoms with Gasteiger partial charge in [0.2, 0.25) is 5.78 Å². The summed E-state index contributed by atoms with van der Waals surface area (Å²) < 4.78 is 18.9. The molecule has 0 amide bonds. The molecule has 2 aromatic heterocycles. The van der Waals surface area contributed by atoms with E-state index < -0.39 is 11.9 Å². The summed E-state index contributed by atoms with van der Waals surface area (Å²) in [5.74, 6) is -0.0231. The van der Waals surface area contributed by atoms with Crippen molar-refractivity contribution in [2.45, 2.75) is 19.1 Å². The van der Waals surface area contributed by atoms with Crippen molar-refractivity contribution in [3.8, 4) is 11.4 Å². The van der Waals surface area contributed by atoms with Crippen LogP contribution in [0.25, 0.3) is 11.4 Å². The molecule has 172 valence electrons. The molecule has 3 heterocycles. The fourth-order valence-corrected chi connectivity index (χ4v) is 4.15. The van der Waals surface area contributed by atoms with Gasteiger partial charge in [0.15, 0.2) is 0 Å². The molecule has 0 saturated heterocycles. The number of aromatic nitrogens is 4. The van der Waals surface area contributed by atoms with Crippen molar-refractivity contribution < 1.29 is 9.18 Å². The maximum absolute atomic E-state index is 15.3. The first-order chi connectivity index (χ1) is 16.5. The van der Waals surface area contributed by atoms with Gasteiger partial charge in [-0.25, -0.2) is 14.4 Å². The number of ketones is 1. The molecule has 4 aromatic rings. The highest BCUT2D eigenvalue weighted by molar-refractivity contribution is 6.08. The lowest BCUT2D eigenvalue weighted by atomic mass is 9.97. The Balaban J connectivity index is 1.49. The first-order valence-corrected chi connectivity index (χ1v) is 10.9. The molecule has 0 radical (unpaired) electrons. The van der Waals surface area contributed by atoms with Crippen LogP contribution in [0.15, 0.2) is 66.2 Å². The van der Waals surface area contributed by atoms with Gasteiger partial charge in [0.25, 0.3) is 0 Å². The second-order valence-electron chi connectivity index (χ2n) is 8.42. The molecular formula is C25H24FN7O. The SMILES string of the molecule is CN(C)Cc1nccn1-c1ccc(C2N=Cc3ncn(-c4cccc(CN)c4)c3C2=O)c(F)c1. The molecule has 1 aliphatic heterocycles. The monoisotopic (exact) mass is 457 g/mol. The van der Waals surface area contributed by atoms with Gasteiger partial charge in [-0.2, -0.15) is 0 Å². The number of halogens is 1. The number of fused-ring (bicyclic) bond motifs is 1. The number of rotatable bonds is 6. The zero-order valence-electron chi connectivity index (χ0n) is 18.9. The van der Waals surface area contributed by atoms with E-state index in [9.17, 15) is 4.79 Å². The zero-order chi connectivity index (χ0) is 23.8. The number of hydrogen-bond acceptors (Lipinski definition) is 6. The zero-order valence-corrected chi connectivity index (χ0v) is 18.9. The standard InChI is InChI=1S/C25H24FN7O/c1-31(2)14-22-28-8-9-32(22)18-6-7-19(20(26)11-18)23-25(34)24-21(13-29-23)30-15-33(24)17-5-3-4-16(10-17)12-27/h3-11,13,15,23H,12,14,27H2,1-2H3. The smallest absolute Gasteiger partial charge is 0.210 e. The number of Topliss-reactive ketones (excluding diaryl/α,β-unsaturated/α-hetero) is 1. The molecule has 8 nitrogen and oxygen atoms in total. The highest BCUT2D eigenvalue weighted by atomic mass is 19.1. The lowest BCUT2D eigenvalue weighted by Crippen LogP contribution is -2.21. The van der Waals surface area contributed by atoms with E-state index in [4.69, 9.17) is 5.73 Å². The maximum atomic E-state index is 15.3. The number of imidazole rings is 2. The van der Waals surface area contributed by atoms with Crippen LogP contribution in [0.1, 0.15) is 39.2 Å². The molecule has 2 N–H and O–H groups in total. The Kier molecular flexibility index (Phi) is 5.64. The van der Waals surface area contributed by atoms with Crippen molar-refractivity contribution in [1.29, 1.82) is 0 Å². The summed E-state index contributed by atoms with van der Waals surface area (Å²) in [6.07, 6.45) is 6.58. The molecule has 0 bridgehead atoms. The van der Waals surface area contributed by atoms with Gasteiger partial charge in [-0.05, 0) is 43.9 Å². The van der Waals surface area contributed by atoms with E-state index in [1.54, 1.807) is 35.4 Å². The summed E-state index contributed by atoms with van der Waals surface area (Å²) >= 11 is 0. The van der Waals surface area contributed by atoms with Crippen LogP contribution in [-0.4, -0.2) is 50.1 Å². The Morgan fingerprint density at radius 3 is 2.68 bits per heavy atom. The van der Waals surface area contributed by atoms with E-state index in [1.165, 1.54) is 12.3 Å². The molecule has 0 fully saturated rings. The molecule has 0 saturated carbocycles. The molecule has 1 atom stereocenters. The van der Waals surface area contributed by atoms with Gasteiger partial charge in [0.1, 0.15) is 35.4 Å². The second-order valence-corrected chi connectivity index (χ2v) is 8.42. The summed E-state index contributed by atoms with van der Waals surface area (Å²) in [7, 11) is 3.89. The van der Waals surface area contributed by atoms with Crippen molar-refractivity contribution in [1.82, 2.24) is 24.0 Å². The van der Waals surface area contributed by atoms with Crippen LogP contribution in [-0.2, 0) is 13.1 Å². The molecule has 0 spiro atoms. The lowest BCUT2D eigenvalue weighted by Gasteiger charge is -2.19. The molecular weight excluding hydrogens is 433 g/mol. The van der Waals surface area contributed by atoms with Crippen LogP contribution in [0.4, 0.5) is 4.39 Å². The summed E-state index contributed by atoms with van der Waals surface area (Å²) in [4.78, 5) is 28.5. The minimum absolute atomic E-state index is 0.216. The molecule has 0 aliphatic carbocycles. The fourth-order valence-electron chi connectivity index (χ4n) is 4.15. The van der Waals surface area contributed by atoms with E-state index >= 15 is 4.39 Å². The minimum atomic E-state index is -0.987. The summed E-state index contributed by atoms with van der Waals surface area (Å²) in [6, 6.07) is 11.4. The van der Waals surface area contributed by atoms with Gasteiger partial charge in [-0.1, -0.05) is 18.2 Å². The quantitative estimate of drug-likeness (QED) is 0.480. The molecule has 1 unspecified atom stereocenters. The van der Waals surface area contributed by atoms with Gasteiger partial charge in [0.05, 0.1) is 12.8 Å². The second kappa shape index (κ2) is 8.77. The Bertz CT molecular complexity index is 1400. The molecule has 1 aliphatic rings. The number of carbonyl (C=O) groups is 1. The van der Waals surface area contributed by atoms with Gasteiger partial charge >= 0.3 is 0 Å². The van der Waals surface area contributed by atoms with Crippen LogP contribution in [0, 0.1) is 5.82 Å². The Labute approximate surface area is 196 Å². The van der Waals surface area contributed by atoms with E-state index in [0.717, 1.165) is 17.1 Å². The van der Waals surface area contributed by atoms with E-state index in [0.29, 0.717) is 30.2 Å². The van der Waals surface area contributed by atoms with Crippen molar-refractivity contribution in [2.75, 3.05) is 14.1 Å². The van der Waals surface area contributed by atoms with Gasteiger partial charge in [-0.3, -0.25) is 14.4 Å². The molecule has 2 aromatic carbocycles. The Morgan fingerprint density at radius 1 is 1.09 bits per heavy atom.